The van der Waals surface area contributed by atoms with Crippen molar-refractivity contribution in [3.63, 3.8) is 0 Å². The van der Waals surface area contributed by atoms with Crippen molar-refractivity contribution in [1.29, 1.82) is 0 Å². The van der Waals surface area contributed by atoms with Crippen LogP contribution in [0.2, 0.25) is 0 Å². The van der Waals surface area contributed by atoms with Gasteiger partial charge in [0.1, 0.15) is 0 Å². The molecule has 0 bridgehead atoms. The molecule has 11 heavy (non-hydrogen) atoms. The molecule has 0 amide bonds. The molecule has 0 saturated heterocycles. The summed E-state index contributed by atoms with van der Waals surface area (Å²) < 4.78 is 0. The maximum absolute atomic E-state index is 5.21. The van der Waals surface area contributed by atoms with Crippen LogP contribution < -0.4 is 10.6 Å². The van der Waals surface area contributed by atoms with Gasteiger partial charge in [-0.2, -0.15) is 0 Å². The minimum Gasteiger partial charge on any atom is -0.314 e. The third-order valence-electron chi connectivity index (χ3n) is 1.78. The molecule has 0 fully saturated rings. The van der Waals surface area contributed by atoms with E-state index < -0.39 is 0 Å². The number of likely N-dealkylation sites (N-methyl/N-ethyl adjacent to an activating group) is 1. The van der Waals surface area contributed by atoms with Crippen LogP contribution >= 0.6 is 0 Å². The third kappa shape index (κ3) is 4.83. The first-order valence-electron chi connectivity index (χ1n) is 3.90. The molecule has 0 aromatic heterocycles. The van der Waals surface area contributed by atoms with E-state index in [1.54, 1.807) is 0 Å². The van der Waals surface area contributed by atoms with Gasteiger partial charge in [-0.1, -0.05) is 5.92 Å². The summed E-state index contributed by atoms with van der Waals surface area (Å²) in [5.41, 5.74) is 0.116. The van der Waals surface area contributed by atoms with Crippen molar-refractivity contribution in [3.05, 3.63) is 0 Å². The zero-order valence-electron chi connectivity index (χ0n) is 7.86. The van der Waals surface area contributed by atoms with E-state index in [-0.39, 0.29) is 11.6 Å². The number of nitrogens with one attached hydrogen (secondary N) is 2. The van der Waals surface area contributed by atoms with Gasteiger partial charge >= 0.3 is 0 Å². The highest BCUT2D eigenvalue weighted by Gasteiger charge is 2.14. The summed E-state index contributed by atoms with van der Waals surface area (Å²) in [6.45, 7) is 7.12. The normalized spacial score (nSPS) is 14.1. The van der Waals surface area contributed by atoms with E-state index >= 15 is 0 Å². The maximum atomic E-state index is 5.21. The van der Waals surface area contributed by atoms with Gasteiger partial charge in [-0.05, 0) is 27.8 Å². The average Bonchev–Trinajstić information content (AvgIpc) is 2.00. The highest BCUT2D eigenvalue weighted by Crippen LogP contribution is 1.97. The summed E-state index contributed by atoms with van der Waals surface area (Å²) in [5.74, 6) is 2.62. The van der Waals surface area contributed by atoms with Crippen LogP contribution in [0.4, 0.5) is 0 Å². The van der Waals surface area contributed by atoms with E-state index in [1.807, 2.05) is 14.0 Å². The van der Waals surface area contributed by atoms with Crippen LogP contribution in [0.25, 0.3) is 0 Å². The Balaban J connectivity index is 3.63. The zero-order valence-corrected chi connectivity index (χ0v) is 7.86. The summed E-state index contributed by atoms with van der Waals surface area (Å²) in [5, 5.41) is 6.41. The molecule has 0 aliphatic rings. The van der Waals surface area contributed by atoms with Crippen LogP contribution in [-0.2, 0) is 0 Å². The highest BCUT2D eigenvalue weighted by atomic mass is 15.0. The van der Waals surface area contributed by atoms with Crippen molar-refractivity contribution in [2.24, 2.45) is 0 Å². The molecule has 0 heterocycles. The number of terminal acetylenes is 1. The van der Waals surface area contributed by atoms with E-state index in [1.165, 1.54) is 0 Å². The summed E-state index contributed by atoms with van der Waals surface area (Å²) in [4.78, 5) is 0. The first-order valence-corrected chi connectivity index (χ1v) is 3.90. The molecule has 0 aliphatic carbocycles. The van der Waals surface area contributed by atoms with Crippen LogP contribution in [0.15, 0.2) is 0 Å². The molecule has 1 unspecified atom stereocenters. The van der Waals surface area contributed by atoms with Crippen molar-refractivity contribution in [2.75, 3.05) is 13.6 Å². The lowest BCUT2D eigenvalue weighted by Gasteiger charge is -2.25. The van der Waals surface area contributed by atoms with E-state index in [9.17, 15) is 0 Å². The van der Waals surface area contributed by atoms with Crippen LogP contribution in [0, 0.1) is 12.3 Å². The zero-order chi connectivity index (χ0) is 8.91. The molecular weight excluding hydrogens is 136 g/mol. The van der Waals surface area contributed by atoms with Gasteiger partial charge in [0, 0.05) is 12.1 Å². The highest BCUT2D eigenvalue weighted by molar-refractivity contribution is 4.97. The van der Waals surface area contributed by atoms with Gasteiger partial charge in [-0.15, -0.1) is 6.42 Å². The van der Waals surface area contributed by atoms with Crippen molar-refractivity contribution >= 4 is 0 Å². The fourth-order valence-electron chi connectivity index (χ4n) is 0.556. The van der Waals surface area contributed by atoms with Gasteiger partial charge in [0.15, 0.2) is 0 Å². The Hall–Kier alpha value is -0.520. The Morgan fingerprint density at radius 2 is 2.09 bits per heavy atom. The molecule has 0 radical (unpaired) electrons. The molecule has 0 aliphatic heterocycles. The lowest BCUT2D eigenvalue weighted by molar-refractivity contribution is 0.388. The number of hydrogen-bond donors (Lipinski definition) is 2. The SMILES string of the molecule is C#CC(C)NCC(C)(C)NC. The molecule has 64 valence electrons. The molecule has 0 rings (SSSR count). The van der Waals surface area contributed by atoms with Gasteiger partial charge in [-0.3, -0.25) is 0 Å². The van der Waals surface area contributed by atoms with Gasteiger partial charge in [0.05, 0.1) is 6.04 Å². The first kappa shape index (κ1) is 10.5. The molecular formula is C9H18N2. The average molecular weight is 154 g/mol. The van der Waals surface area contributed by atoms with Gasteiger partial charge in [0.2, 0.25) is 0 Å². The summed E-state index contributed by atoms with van der Waals surface area (Å²) in [7, 11) is 1.95. The standard InChI is InChI=1S/C9H18N2/c1-6-8(2)11-7-9(3,4)10-5/h1,8,10-11H,7H2,2-5H3. The van der Waals surface area contributed by atoms with E-state index in [0.29, 0.717) is 0 Å². The molecule has 2 nitrogen and oxygen atoms in total. The molecule has 0 spiro atoms. The van der Waals surface area contributed by atoms with E-state index in [4.69, 9.17) is 6.42 Å². The molecule has 0 aromatic carbocycles. The second-order valence-corrected chi connectivity index (χ2v) is 3.40. The Morgan fingerprint density at radius 1 is 1.55 bits per heavy atom. The lowest BCUT2D eigenvalue weighted by atomic mass is 10.1. The van der Waals surface area contributed by atoms with E-state index in [2.05, 4.69) is 30.4 Å². The Bertz CT molecular complexity index is 144. The smallest absolute Gasteiger partial charge is 0.0658 e. The minimum atomic E-state index is 0.116. The Morgan fingerprint density at radius 3 is 2.45 bits per heavy atom. The summed E-state index contributed by atoms with van der Waals surface area (Å²) in [6.07, 6.45) is 5.21. The van der Waals surface area contributed by atoms with Gasteiger partial charge in [0.25, 0.3) is 0 Å². The van der Waals surface area contributed by atoms with Crippen molar-refractivity contribution in [2.45, 2.75) is 32.4 Å². The quantitative estimate of drug-likeness (QED) is 0.579. The summed E-state index contributed by atoms with van der Waals surface area (Å²) in [6, 6.07) is 0.155. The number of hydrogen-bond acceptors (Lipinski definition) is 2. The van der Waals surface area contributed by atoms with Crippen LogP contribution in [0.1, 0.15) is 20.8 Å². The first-order chi connectivity index (χ1) is 5.02. The molecule has 1 atom stereocenters. The molecule has 2 heteroatoms. The predicted octanol–water partition coefficient (Wildman–Crippen LogP) is 0.596. The third-order valence-corrected chi connectivity index (χ3v) is 1.78. The summed E-state index contributed by atoms with van der Waals surface area (Å²) >= 11 is 0. The Kier molecular flexibility index (Phi) is 4.17. The molecule has 2 N–H and O–H groups in total. The largest absolute Gasteiger partial charge is 0.314 e. The second-order valence-electron chi connectivity index (χ2n) is 3.40. The van der Waals surface area contributed by atoms with Gasteiger partial charge in [-0.25, -0.2) is 0 Å². The van der Waals surface area contributed by atoms with Crippen LogP contribution in [0.5, 0.6) is 0 Å². The number of rotatable bonds is 4. The maximum Gasteiger partial charge on any atom is 0.0658 e. The molecule has 0 aromatic rings. The minimum absolute atomic E-state index is 0.116. The van der Waals surface area contributed by atoms with Crippen molar-refractivity contribution in [3.8, 4) is 12.3 Å². The molecule has 0 saturated carbocycles. The fourth-order valence-corrected chi connectivity index (χ4v) is 0.556. The Labute approximate surface area is 69.8 Å². The van der Waals surface area contributed by atoms with Crippen LogP contribution in [-0.4, -0.2) is 25.2 Å². The van der Waals surface area contributed by atoms with E-state index in [0.717, 1.165) is 6.54 Å². The second kappa shape index (κ2) is 4.38. The lowest BCUT2D eigenvalue weighted by Crippen LogP contribution is -2.47. The fraction of sp³-hybridized carbons (Fsp3) is 0.778. The monoisotopic (exact) mass is 154 g/mol. The van der Waals surface area contributed by atoms with Gasteiger partial charge < -0.3 is 10.6 Å². The topological polar surface area (TPSA) is 24.1 Å². The van der Waals surface area contributed by atoms with Crippen molar-refractivity contribution < 1.29 is 0 Å². The van der Waals surface area contributed by atoms with Crippen LogP contribution in [0.3, 0.4) is 0 Å². The van der Waals surface area contributed by atoms with Crippen molar-refractivity contribution in [1.82, 2.24) is 10.6 Å². The predicted molar refractivity (Wildman–Crippen MR) is 49.4 cm³/mol.